The van der Waals surface area contributed by atoms with Crippen LogP contribution in [0.15, 0.2) is 22.2 Å². The van der Waals surface area contributed by atoms with Gasteiger partial charge in [0.25, 0.3) is 0 Å². The highest BCUT2D eigenvalue weighted by atomic mass is 16.5. The van der Waals surface area contributed by atoms with Crippen molar-refractivity contribution in [1.29, 1.82) is 5.26 Å². The number of carbonyl (C=O) groups excluding carboxylic acids is 2. The molecule has 0 radical (unpaired) electrons. The Hall–Kier alpha value is -2.26. The predicted octanol–water partition coefficient (Wildman–Crippen LogP) is 7.37. The quantitative estimate of drug-likeness (QED) is 0.404. The summed E-state index contributed by atoms with van der Waals surface area (Å²) in [5, 5.41) is 17.9. The third-order valence-corrected chi connectivity index (χ3v) is 14.1. The van der Waals surface area contributed by atoms with E-state index in [-0.39, 0.29) is 50.6 Å². The molecule has 0 spiro atoms. The molecule has 228 valence electrons. The van der Waals surface area contributed by atoms with Crippen molar-refractivity contribution in [2.24, 2.45) is 56.2 Å². The van der Waals surface area contributed by atoms with Gasteiger partial charge in [0.1, 0.15) is 17.6 Å². The zero-order valence-electron chi connectivity index (χ0n) is 27.2. The van der Waals surface area contributed by atoms with Crippen LogP contribution in [0, 0.1) is 74.4 Å². The van der Waals surface area contributed by atoms with Gasteiger partial charge in [-0.1, -0.05) is 59.7 Å². The molecule has 6 heteroatoms. The fraction of sp³-hybridized carbons (Fsp3) is 0.778. The minimum absolute atomic E-state index is 0.0255. The molecule has 1 aromatic heterocycles. The van der Waals surface area contributed by atoms with Crippen molar-refractivity contribution in [1.82, 2.24) is 10.5 Å². The van der Waals surface area contributed by atoms with Crippen LogP contribution in [0.5, 0.6) is 0 Å². The molecular weight excluding hydrogens is 522 g/mol. The van der Waals surface area contributed by atoms with Gasteiger partial charge in [-0.15, -0.1) is 0 Å². The van der Waals surface area contributed by atoms with Crippen molar-refractivity contribution >= 4 is 11.6 Å². The van der Waals surface area contributed by atoms with Crippen LogP contribution >= 0.6 is 0 Å². The lowest BCUT2D eigenvalue weighted by atomic mass is 9.31. The second kappa shape index (κ2) is 9.37. The van der Waals surface area contributed by atoms with Crippen LogP contribution < -0.4 is 5.32 Å². The standard InChI is InChI=1S/C36H51N3O3/c1-22-15-24(39-42-22)20-38-21-36-13-11-31(2,3)18-25(36)29-26(40)16-28-33(6)17-23(19-37)30(41)32(4,5)27(33)9-10-34(28,7)35(29,8)12-14-36/h15,17,25,27-29,38H,9-14,16,18,20-21H2,1-8H3/t25?,27-,28+,29?,33-,34+,35+,36+/m0/s1. The number of Topliss-reactive ketones (excluding diaryl/α,β-unsaturated/α-hetero) is 2. The molecule has 1 heterocycles. The zero-order valence-corrected chi connectivity index (χ0v) is 27.2. The van der Waals surface area contributed by atoms with Crippen molar-refractivity contribution < 1.29 is 14.1 Å². The largest absolute Gasteiger partial charge is 0.361 e. The van der Waals surface area contributed by atoms with Crippen LogP contribution in [-0.2, 0) is 16.1 Å². The van der Waals surface area contributed by atoms with Crippen LogP contribution in [-0.4, -0.2) is 23.3 Å². The molecule has 0 amide bonds. The van der Waals surface area contributed by atoms with Crippen molar-refractivity contribution in [2.75, 3.05) is 6.54 Å². The second-order valence-corrected chi connectivity index (χ2v) is 17.1. The first kappa shape index (κ1) is 29.8. The van der Waals surface area contributed by atoms with Gasteiger partial charge in [0, 0.05) is 36.9 Å². The number of hydrogen-bond donors (Lipinski definition) is 1. The van der Waals surface area contributed by atoms with Gasteiger partial charge in [-0.05, 0) is 96.7 Å². The summed E-state index contributed by atoms with van der Waals surface area (Å²) in [6, 6.07) is 4.24. The smallest absolute Gasteiger partial charge is 0.178 e. The number of rotatable bonds is 4. The minimum atomic E-state index is -0.597. The van der Waals surface area contributed by atoms with Crippen LogP contribution in [0.2, 0.25) is 0 Å². The fourth-order valence-corrected chi connectivity index (χ4v) is 11.7. The number of hydrogen-bond acceptors (Lipinski definition) is 6. The average Bonchev–Trinajstić information content (AvgIpc) is 3.33. The lowest BCUT2D eigenvalue weighted by molar-refractivity contribution is -0.222. The molecule has 42 heavy (non-hydrogen) atoms. The number of carbonyl (C=O) groups is 2. The number of nitriles is 1. The van der Waals surface area contributed by atoms with Gasteiger partial charge in [0.05, 0.1) is 11.3 Å². The maximum atomic E-state index is 14.7. The van der Waals surface area contributed by atoms with E-state index < -0.39 is 5.41 Å². The van der Waals surface area contributed by atoms with Gasteiger partial charge in [-0.25, -0.2) is 0 Å². The maximum Gasteiger partial charge on any atom is 0.178 e. The van der Waals surface area contributed by atoms with E-state index in [0.717, 1.165) is 56.5 Å². The highest BCUT2D eigenvalue weighted by Gasteiger charge is 2.72. The Kier molecular flexibility index (Phi) is 6.65. The number of nitrogens with zero attached hydrogens (tertiary/aromatic N) is 2. The van der Waals surface area contributed by atoms with E-state index in [1.807, 2.05) is 32.9 Å². The summed E-state index contributed by atoms with van der Waals surface area (Å²) in [5.74, 6) is 1.90. The maximum absolute atomic E-state index is 14.7. The summed E-state index contributed by atoms with van der Waals surface area (Å²) in [4.78, 5) is 28.1. The Bertz CT molecular complexity index is 1380. The highest BCUT2D eigenvalue weighted by Crippen LogP contribution is 2.75. The van der Waals surface area contributed by atoms with Gasteiger partial charge >= 0.3 is 0 Å². The number of aryl methyl sites for hydroxylation is 1. The molecule has 0 saturated heterocycles. The van der Waals surface area contributed by atoms with E-state index in [9.17, 15) is 14.9 Å². The zero-order chi connectivity index (χ0) is 30.5. The third-order valence-electron chi connectivity index (χ3n) is 14.1. The van der Waals surface area contributed by atoms with Crippen LogP contribution in [0.1, 0.15) is 111 Å². The summed E-state index contributed by atoms with van der Waals surface area (Å²) >= 11 is 0. The van der Waals surface area contributed by atoms with Crippen LogP contribution in [0.25, 0.3) is 0 Å². The molecule has 6 nitrogen and oxygen atoms in total. The molecule has 5 aliphatic carbocycles. The first-order valence-electron chi connectivity index (χ1n) is 16.4. The van der Waals surface area contributed by atoms with Gasteiger partial charge in [-0.2, -0.15) is 5.26 Å². The number of nitrogens with one attached hydrogen (secondary N) is 1. The summed E-state index contributed by atoms with van der Waals surface area (Å²) < 4.78 is 5.30. The van der Waals surface area contributed by atoms with E-state index in [0.29, 0.717) is 30.2 Å². The molecule has 6 rings (SSSR count). The van der Waals surface area contributed by atoms with E-state index in [1.54, 1.807) is 0 Å². The third kappa shape index (κ3) is 4.01. The van der Waals surface area contributed by atoms with Crippen LogP contribution in [0.3, 0.4) is 0 Å². The molecule has 1 aromatic rings. The molecule has 5 aliphatic rings. The molecule has 4 saturated carbocycles. The average molecular weight is 574 g/mol. The highest BCUT2D eigenvalue weighted by molar-refractivity contribution is 6.04. The summed E-state index contributed by atoms with van der Waals surface area (Å²) in [7, 11) is 0. The molecule has 4 fully saturated rings. The number of aromatic nitrogens is 1. The lowest BCUT2D eigenvalue weighted by Crippen LogP contribution is -2.69. The monoisotopic (exact) mass is 573 g/mol. The van der Waals surface area contributed by atoms with Crippen molar-refractivity contribution in [3.8, 4) is 6.07 Å². The normalized spacial score (nSPS) is 43.7. The number of ketones is 2. The first-order valence-corrected chi connectivity index (χ1v) is 16.4. The van der Waals surface area contributed by atoms with Crippen molar-refractivity contribution in [3.63, 3.8) is 0 Å². The number of fused-ring (bicyclic) bond motifs is 7. The van der Waals surface area contributed by atoms with Crippen LogP contribution in [0.4, 0.5) is 0 Å². The molecule has 0 aromatic carbocycles. The molecule has 8 atom stereocenters. The number of allylic oxidation sites excluding steroid dienone is 2. The lowest BCUT2D eigenvalue weighted by Gasteiger charge is -2.72. The van der Waals surface area contributed by atoms with E-state index in [4.69, 9.17) is 4.52 Å². The summed E-state index contributed by atoms with van der Waals surface area (Å²) in [6.07, 6.45) is 10.2. The Morgan fingerprint density at radius 2 is 1.71 bits per heavy atom. The molecule has 1 N–H and O–H groups in total. The topological polar surface area (TPSA) is 96.0 Å². The SMILES string of the molecule is Cc1cc(CNC[C@]23CCC(C)(C)CC2C2C(=O)C[C@@H]4[C@@]5(C)C=C(C#N)C(=O)C(C)(C)[C@@H]5CC[C@@]4(C)[C@]2(C)CC3)no1. The van der Waals surface area contributed by atoms with Gasteiger partial charge < -0.3 is 9.84 Å². The van der Waals surface area contributed by atoms with Gasteiger partial charge in [0.2, 0.25) is 0 Å². The Balaban J connectivity index is 1.37. The minimum Gasteiger partial charge on any atom is -0.361 e. The Morgan fingerprint density at radius 1 is 1.00 bits per heavy atom. The molecular formula is C36H51N3O3. The van der Waals surface area contributed by atoms with Gasteiger partial charge in [0.15, 0.2) is 5.78 Å². The fourth-order valence-electron chi connectivity index (χ4n) is 11.7. The Morgan fingerprint density at radius 3 is 2.38 bits per heavy atom. The Labute approximate surface area is 252 Å². The molecule has 0 bridgehead atoms. The van der Waals surface area contributed by atoms with E-state index >= 15 is 0 Å². The van der Waals surface area contributed by atoms with E-state index in [2.05, 4.69) is 51.2 Å². The van der Waals surface area contributed by atoms with Gasteiger partial charge in [-0.3, -0.25) is 9.59 Å². The van der Waals surface area contributed by atoms with Crippen molar-refractivity contribution in [3.05, 3.63) is 29.2 Å². The predicted molar refractivity (Wildman–Crippen MR) is 162 cm³/mol. The summed E-state index contributed by atoms with van der Waals surface area (Å²) in [6.45, 7) is 19.6. The second-order valence-electron chi connectivity index (χ2n) is 17.1. The molecule has 0 aliphatic heterocycles. The van der Waals surface area contributed by atoms with Crippen molar-refractivity contribution in [2.45, 2.75) is 113 Å². The summed E-state index contributed by atoms with van der Waals surface area (Å²) in [5.41, 5.74) is 0.456. The van der Waals surface area contributed by atoms with E-state index in [1.165, 1.54) is 6.42 Å². The first-order chi connectivity index (χ1) is 19.5. The molecule has 2 unspecified atom stereocenters.